The summed E-state index contributed by atoms with van der Waals surface area (Å²) in [5.74, 6) is 0.794. The van der Waals surface area contributed by atoms with E-state index in [0.29, 0.717) is 6.10 Å². The van der Waals surface area contributed by atoms with Gasteiger partial charge in [0.25, 0.3) is 0 Å². The predicted molar refractivity (Wildman–Crippen MR) is 56.7 cm³/mol. The Labute approximate surface area is 81.5 Å². The van der Waals surface area contributed by atoms with Crippen LogP contribution in [0.4, 0.5) is 0 Å². The Hall–Kier alpha value is -0.560. The molecule has 0 saturated carbocycles. The van der Waals surface area contributed by atoms with E-state index in [1.807, 2.05) is 6.92 Å². The maximum Gasteiger partial charge on any atom is 0.0761 e. The second-order valence-electron chi connectivity index (χ2n) is 4.10. The van der Waals surface area contributed by atoms with Gasteiger partial charge in [0, 0.05) is 6.61 Å². The molecule has 1 saturated heterocycles. The van der Waals surface area contributed by atoms with Gasteiger partial charge in [0.1, 0.15) is 0 Å². The lowest BCUT2D eigenvalue weighted by Crippen LogP contribution is -2.10. The first kappa shape index (κ1) is 10.5. The first-order chi connectivity index (χ1) is 6.18. The van der Waals surface area contributed by atoms with Gasteiger partial charge in [0.15, 0.2) is 0 Å². The number of rotatable bonds is 2. The Bertz CT molecular complexity index is 193. The molecule has 0 aromatic carbocycles. The van der Waals surface area contributed by atoms with Crippen molar-refractivity contribution in [1.82, 2.24) is 0 Å². The van der Waals surface area contributed by atoms with Crippen LogP contribution in [-0.4, -0.2) is 12.7 Å². The quantitative estimate of drug-likeness (QED) is 0.592. The van der Waals surface area contributed by atoms with Gasteiger partial charge in [-0.25, -0.2) is 0 Å². The molecule has 0 spiro atoms. The molecule has 0 bridgehead atoms. The third-order valence-corrected chi connectivity index (χ3v) is 2.40. The predicted octanol–water partition coefficient (Wildman–Crippen LogP) is 3.32. The molecule has 74 valence electrons. The van der Waals surface area contributed by atoms with Crippen LogP contribution in [0, 0.1) is 5.92 Å². The molecule has 1 rings (SSSR count). The summed E-state index contributed by atoms with van der Waals surface area (Å²) >= 11 is 0. The van der Waals surface area contributed by atoms with E-state index in [9.17, 15) is 0 Å². The van der Waals surface area contributed by atoms with Gasteiger partial charge in [0.2, 0.25) is 0 Å². The summed E-state index contributed by atoms with van der Waals surface area (Å²) in [6.45, 7) is 9.06. The maximum atomic E-state index is 5.70. The lowest BCUT2D eigenvalue weighted by Gasteiger charge is -2.12. The van der Waals surface area contributed by atoms with Crippen LogP contribution >= 0.6 is 0 Å². The van der Waals surface area contributed by atoms with Crippen molar-refractivity contribution in [2.45, 2.75) is 39.2 Å². The van der Waals surface area contributed by atoms with Gasteiger partial charge in [-0.3, -0.25) is 0 Å². The van der Waals surface area contributed by atoms with Crippen molar-refractivity contribution in [2.24, 2.45) is 5.92 Å². The van der Waals surface area contributed by atoms with Crippen molar-refractivity contribution in [2.75, 3.05) is 6.61 Å². The van der Waals surface area contributed by atoms with Crippen molar-refractivity contribution in [1.29, 1.82) is 0 Å². The molecule has 0 amide bonds. The summed E-state index contributed by atoms with van der Waals surface area (Å²) in [5, 5.41) is 0. The zero-order valence-corrected chi connectivity index (χ0v) is 8.75. The summed E-state index contributed by atoms with van der Waals surface area (Å²) in [6, 6.07) is 0. The zero-order chi connectivity index (χ0) is 9.68. The van der Waals surface area contributed by atoms with Crippen molar-refractivity contribution >= 4 is 0 Å². The van der Waals surface area contributed by atoms with Gasteiger partial charge < -0.3 is 4.74 Å². The van der Waals surface area contributed by atoms with Crippen molar-refractivity contribution < 1.29 is 4.74 Å². The Morgan fingerprint density at radius 2 is 2.31 bits per heavy atom. The smallest absolute Gasteiger partial charge is 0.0761 e. The molecule has 1 heterocycles. The van der Waals surface area contributed by atoms with Gasteiger partial charge in [0.05, 0.1) is 6.10 Å². The van der Waals surface area contributed by atoms with Gasteiger partial charge >= 0.3 is 0 Å². The fraction of sp³-hybridized carbons (Fsp3) is 0.667. The molecule has 2 atom stereocenters. The van der Waals surface area contributed by atoms with Crippen LogP contribution in [0.25, 0.3) is 0 Å². The molecule has 13 heavy (non-hydrogen) atoms. The average Bonchev–Trinajstić information content (AvgIpc) is 2.26. The highest BCUT2D eigenvalue weighted by Crippen LogP contribution is 2.20. The number of ether oxygens (including phenoxy) is 1. The van der Waals surface area contributed by atoms with E-state index in [1.165, 1.54) is 12.8 Å². The third-order valence-electron chi connectivity index (χ3n) is 2.40. The average molecular weight is 180 g/mol. The minimum absolute atomic E-state index is 0.314. The molecule has 0 N–H and O–H groups in total. The standard InChI is InChI=1S/C12H20O/c1-10(2)6-7-12-9-11(3)5-4-8-13-12/h6-7,11-12H,1,4-5,8-9H2,2-3H3/b7-6-. The largest absolute Gasteiger partial charge is 0.374 e. The number of allylic oxidation sites excluding steroid dienone is 2. The van der Waals surface area contributed by atoms with E-state index in [-0.39, 0.29) is 0 Å². The molecule has 0 aliphatic carbocycles. The molecule has 1 nitrogen and oxygen atoms in total. The molecule has 1 aliphatic rings. The minimum atomic E-state index is 0.314. The summed E-state index contributed by atoms with van der Waals surface area (Å²) in [7, 11) is 0. The van der Waals surface area contributed by atoms with Crippen molar-refractivity contribution in [3.05, 3.63) is 24.3 Å². The summed E-state index contributed by atoms with van der Waals surface area (Å²) in [6.07, 6.45) is 8.18. The maximum absolute atomic E-state index is 5.70. The number of hydrogen-bond acceptors (Lipinski definition) is 1. The molecule has 0 radical (unpaired) electrons. The number of hydrogen-bond donors (Lipinski definition) is 0. The fourth-order valence-corrected chi connectivity index (χ4v) is 1.65. The van der Waals surface area contributed by atoms with Crippen LogP contribution in [0.1, 0.15) is 33.1 Å². The summed E-state index contributed by atoms with van der Waals surface area (Å²) in [4.78, 5) is 0. The van der Waals surface area contributed by atoms with Gasteiger partial charge in [-0.05, 0) is 32.1 Å². The first-order valence-corrected chi connectivity index (χ1v) is 5.14. The summed E-state index contributed by atoms with van der Waals surface area (Å²) in [5.41, 5.74) is 1.10. The molecule has 0 aromatic heterocycles. The van der Waals surface area contributed by atoms with E-state index in [4.69, 9.17) is 4.74 Å². The van der Waals surface area contributed by atoms with Crippen LogP contribution in [0.15, 0.2) is 24.3 Å². The van der Waals surface area contributed by atoms with Gasteiger partial charge in [-0.1, -0.05) is 31.2 Å². The molecule has 0 aromatic rings. The van der Waals surface area contributed by atoms with Crippen LogP contribution in [0.3, 0.4) is 0 Å². The fourth-order valence-electron chi connectivity index (χ4n) is 1.65. The van der Waals surface area contributed by atoms with E-state index in [1.54, 1.807) is 0 Å². The van der Waals surface area contributed by atoms with E-state index in [2.05, 4.69) is 25.7 Å². The van der Waals surface area contributed by atoms with Gasteiger partial charge in [-0.2, -0.15) is 0 Å². The topological polar surface area (TPSA) is 9.23 Å². The highest BCUT2D eigenvalue weighted by molar-refractivity contribution is 5.12. The van der Waals surface area contributed by atoms with E-state index in [0.717, 1.165) is 24.5 Å². The van der Waals surface area contributed by atoms with Crippen LogP contribution in [-0.2, 0) is 4.74 Å². The monoisotopic (exact) mass is 180 g/mol. The minimum Gasteiger partial charge on any atom is -0.374 e. The van der Waals surface area contributed by atoms with E-state index >= 15 is 0 Å². The van der Waals surface area contributed by atoms with E-state index < -0.39 is 0 Å². The van der Waals surface area contributed by atoms with Crippen molar-refractivity contribution in [3.63, 3.8) is 0 Å². The zero-order valence-electron chi connectivity index (χ0n) is 8.75. The van der Waals surface area contributed by atoms with Gasteiger partial charge in [-0.15, -0.1) is 0 Å². The molecule has 1 heteroatoms. The molecular weight excluding hydrogens is 160 g/mol. The van der Waals surface area contributed by atoms with Crippen molar-refractivity contribution in [3.8, 4) is 0 Å². The molecular formula is C12H20O. The van der Waals surface area contributed by atoms with Crippen LogP contribution < -0.4 is 0 Å². The highest BCUT2D eigenvalue weighted by Gasteiger charge is 2.14. The second kappa shape index (κ2) is 5.23. The molecule has 2 unspecified atom stereocenters. The first-order valence-electron chi connectivity index (χ1n) is 5.14. The Kier molecular flexibility index (Phi) is 4.23. The summed E-state index contributed by atoms with van der Waals surface area (Å²) < 4.78 is 5.70. The molecule has 1 aliphatic heterocycles. The van der Waals surface area contributed by atoms with Crippen LogP contribution in [0.2, 0.25) is 0 Å². The SMILES string of the molecule is C=C(C)/C=C\C1CC(C)CCCO1. The Morgan fingerprint density at radius 1 is 1.54 bits per heavy atom. The van der Waals surface area contributed by atoms with Crippen LogP contribution in [0.5, 0.6) is 0 Å². The normalized spacial score (nSPS) is 30.3. The second-order valence-corrected chi connectivity index (χ2v) is 4.10. The lowest BCUT2D eigenvalue weighted by atomic mass is 9.99. The Balaban J connectivity index is 2.43. The Morgan fingerprint density at radius 3 is 3.00 bits per heavy atom. The third kappa shape index (κ3) is 4.28. The molecule has 1 fully saturated rings. The highest BCUT2D eigenvalue weighted by atomic mass is 16.5. The lowest BCUT2D eigenvalue weighted by molar-refractivity contribution is 0.0883.